The number of carbonyl (C=O) groups excluding carboxylic acids is 1. The number of carbonyl (C=O) groups is 1. The standard InChI is InChI=1S/C15H20ClNO3S/c1-10-3-6-13(9-11(10)2)17-15(18)12-4-7-14(8-5-12)21(16,19)20/h4-5,7-8,10-11,13H,3,6,9H2,1-2H3,(H,17,18). The Kier molecular flexibility index (Phi) is 4.94. The lowest BCUT2D eigenvalue weighted by atomic mass is 9.79. The van der Waals surface area contributed by atoms with Crippen molar-refractivity contribution in [2.45, 2.75) is 44.0 Å². The average Bonchev–Trinajstić information content (AvgIpc) is 2.42. The van der Waals surface area contributed by atoms with Crippen LogP contribution in [-0.4, -0.2) is 20.4 Å². The maximum atomic E-state index is 12.2. The highest BCUT2D eigenvalue weighted by Crippen LogP contribution is 2.29. The Balaban J connectivity index is 2.01. The van der Waals surface area contributed by atoms with Gasteiger partial charge in [0.1, 0.15) is 0 Å². The fraction of sp³-hybridized carbons (Fsp3) is 0.533. The maximum absolute atomic E-state index is 12.2. The summed E-state index contributed by atoms with van der Waals surface area (Å²) >= 11 is 0. The molecule has 2 rings (SSSR count). The molecule has 3 atom stereocenters. The third-order valence-corrected chi connectivity index (χ3v) is 5.70. The van der Waals surface area contributed by atoms with Gasteiger partial charge in [0.15, 0.2) is 0 Å². The van der Waals surface area contributed by atoms with Crippen LogP contribution >= 0.6 is 10.7 Å². The van der Waals surface area contributed by atoms with Gasteiger partial charge in [-0.3, -0.25) is 4.79 Å². The van der Waals surface area contributed by atoms with E-state index in [1.54, 1.807) is 0 Å². The first kappa shape index (κ1) is 16.3. The maximum Gasteiger partial charge on any atom is 0.261 e. The van der Waals surface area contributed by atoms with Crippen molar-refractivity contribution in [3.05, 3.63) is 29.8 Å². The minimum Gasteiger partial charge on any atom is -0.349 e. The molecule has 1 aliphatic rings. The van der Waals surface area contributed by atoms with Crippen molar-refractivity contribution >= 4 is 25.6 Å². The van der Waals surface area contributed by atoms with Gasteiger partial charge in [-0.1, -0.05) is 13.8 Å². The van der Waals surface area contributed by atoms with Crippen LogP contribution in [0.1, 0.15) is 43.5 Å². The van der Waals surface area contributed by atoms with Gasteiger partial charge in [0.05, 0.1) is 4.90 Å². The van der Waals surface area contributed by atoms with E-state index in [0.717, 1.165) is 19.3 Å². The fourth-order valence-corrected chi connectivity index (χ4v) is 3.49. The van der Waals surface area contributed by atoms with Crippen molar-refractivity contribution in [1.82, 2.24) is 5.32 Å². The highest BCUT2D eigenvalue weighted by molar-refractivity contribution is 8.13. The molecular weight excluding hydrogens is 310 g/mol. The quantitative estimate of drug-likeness (QED) is 0.866. The smallest absolute Gasteiger partial charge is 0.261 e. The second-order valence-electron chi connectivity index (χ2n) is 5.90. The Labute approximate surface area is 130 Å². The molecular formula is C15H20ClNO3S. The topological polar surface area (TPSA) is 63.2 Å². The summed E-state index contributed by atoms with van der Waals surface area (Å²) in [5.41, 5.74) is 0.449. The van der Waals surface area contributed by atoms with E-state index in [9.17, 15) is 13.2 Å². The number of rotatable bonds is 3. The van der Waals surface area contributed by atoms with Crippen LogP contribution in [0.4, 0.5) is 0 Å². The Morgan fingerprint density at radius 3 is 2.29 bits per heavy atom. The molecule has 1 aliphatic carbocycles. The number of hydrogen-bond acceptors (Lipinski definition) is 3. The summed E-state index contributed by atoms with van der Waals surface area (Å²) in [4.78, 5) is 12.2. The van der Waals surface area contributed by atoms with Crippen LogP contribution < -0.4 is 5.32 Å². The molecule has 116 valence electrons. The first-order valence-corrected chi connectivity index (χ1v) is 9.44. The number of benzene rings is 1. The number of hydrogen-bond donors (Lipinski definition) is 1. The van der Waals surface area contributed by atoms with Crippen molar-refractivity contribution < 1.29 is 13.2 Å². The summed E-state index contributed by atoms with van der Waals surface area (Å²) < 4.78 is 22.3. The molecule has 0 spiro atoms. The zero-order chi connectivity index (χ0) is 15.6. The van der Waals surface area contributed by atoms with Crippen molar-refractivity contribution in [3.63, 3.8) is 0 Å². The van der Waals surface area contributed by atoms with Gasteiger partial charge >= 0.3 is 0 Å². The van der Waals surface area contributed by atoms with Gasteiger partial charge in [0.2, 0.25) is 0 Å². The lowest BCUT2D eigenvalue weighted by molar-refractivity contribution is 0.0910. The van der Waals surface area contributed by atoms with Gasteiger partial charge in [-0.15, -0.1) is 0 Å². The SMILES string of the molecule is CC1CCC(NC(=O)c2ccc(S(=O)(=O)Cl)cc2)CC1C. The summed E-state index contributed by atoms with van der Waals surface area (Å²) in [5, 5.41) is 3.02. The molecule has 1 N–H and O–H groups in total. The van der Waals surface area contributed by atoms with E-state index < -0.39 is 9.05 Å². The van der Waals surface area contributed by atoms with Crippen LogP contribution in [0.5, 0.6) is 0 Å². The van der Waals surface area contributed by atoms with Crippen molar-refractivity contribution in [1.29, 1.82) is 0 Å². The monoisotopic (exact) mass is 329 g/mol. The Morgan fingerprint density at radius 2 is 1.76 bits per heavy atom. The molecule has 21 heavy (non-hydrogen) atoms. The Morgan fingerprint density at radius 1 is 1.14 bits per heavy atom. The summed E-state index contributed by atoms with van der Waals surface area (Å²) in [7, 11) is 1.50. The third-order valence-electron chi connectivity index (χ3n) is 4.33. The van der Waals surface area contributed by atoms with Crippen molar-refractivity contribution in [2.75, 3.05) is 0 Å². The highest BCUT2D eigenvalue weighted by atomic mass is 35.7. The molecule has 4 nitrogen and oxygen atoms in total. The number of amides is 1. The first-order chi connectivity index (χ1) is 9.77. The molecule has 0 aliphatic heterocycles. The molecule has 1 fully saturated rings. The van der Waals surface area contributed by atoms with E-state index in [-0.39, 0.29) is 16.8 Å². The van der Waals surface area contributed by atoms with Crippen molar-refractivity contribution in [3.8, 4) is 0 Å². The van der Waals surface area contributed by atoms with Gasteiger partial charge in [0, 0.05) is 22.3 Å². The molecule has 3 unspecified atom stereocenters. The van der Waals surface area contributed by atoms with E-state index >= 15 is 0 Å². The Bertz CT molecular complexity index is 612. The third kappa shape index (κ3) is 4.20. The normalized spacial score (nSPS) is 26.3. The van der Waals surface area contributed by atoms with Gasteiger partial charge in [-0.25, -0.2) is 8.42 Å². The van der Waals surface area contributed by atoms with Crippen LogP contribution in [-0.2, 0) is 9.05 Å². The molecule has 1 saturated carbocycles. The van der Waals surface area contributed by atoms with E-state index in [2.05, 4.69) is 19.2 Å². The van der Waals surface area contributed by atoms with E-state index in [1.165, 1.54) is 24.3 Å². The molecule has 1 aromatic carbocycles. The molecule has 1 aromatic rings. The predicted molar refractivity (Wildman–Crippen MR) is 82.9 cm³/mol. The number of halogens is 1. The summed E-state index contributed by atoms with van der Waals surface area (Å²) in [6.07, 6.45) is 3.10. The largest absolute Gasteiger partial charge is 0.349 e. The number of nitrogens with one attached hydrogen (secondary N) is 1. The van der Waals surface area contributed by atoms with Gasteiger partial charge in [-0.05, 0) is 55.4 Å². The minimum atomic E-state index is -3.75. The Hall–Kier alpha value is -1.07. The van der Waals surface area contributed by atoms with E-state index in [4.69, 9.17) is 10.7 Å². The van der Waals surface area contributed by atoms with Crippen LogP contribution in [0.15, 0.2) is 29.2 Å². The first-order valence-electron chi connectivity index (χ1n) is 7.13. The lowest BCUT2D eigenvalue weighted by Crippen LogP contribution is -2.39. The highest BCUT2D eigenvalue weighted by Gasteiger charge is 2.25. The van der Waals surface area contributed by atoms with Crippen LogP contribution in [0.3, 0.4) is 0 Å². The minimum absolute atomic E-state index is 0.000769. The van der Waals surface area contributed by atoms with Crippen LogP contribution in [0.2, 0.25) is 0 Å². The average molecular weight is 330 g/mol. The lowest BCUT2D eigenvalue weighted by Gasteiger charge is -2.32. The van der Waals surface area contributed by atoms with Crippen LogP contribution in [0, 0.1) is 11.8 Å². The molecule has 6 heteroatoms. The summed E-state index contributed by atoms with van der Waals surface area (Å²) in [6.45, 7) is 4.46. The van der Waals surface area contributed by atoms with E-state index in [0.29, 0.717) is 17.4 Å². The zero-order valence-electron chi connectivity index (χ0n) is 12.2. The molecule has 0 aromatic heterocycles. The molecule has 0 bridgehead atoms. The summed E-state index contributed by atoms with van der Waals surface area (Å²) in [5.74, 6) is 1.14. The molecule has 1 amide bonds. The second-order valence-corrected chi connectivity index (χ2v) is 8.47. The van der Waals surface area contributed by atoms with Crippen LogP contribution in [0.25, 0.3) is 0 Å². The fourth-order valence-electron chi connectivity index (χ4n) is 2.72. The molecule has 0 radical (unpaired) electrons. The second kappa shape index (κ2) is 6.36. The van der Waals surface area contributed by atoms with E-state index in [1.807, 2.05) is 0 Å². The predicted octanol–water partition coefficient (Wildman–Crippen LogP) is 3.17. The molecule has 0 heterocycles. The molecule has 0 saturated heterocycles. The van der Waals surface area contributed by atoms with Gasteiger partial charge in [0.25, 0.3) is 15.0 Å². The van der Waals surface area contributed by atoms with Crippen molar-refractivity contribution in [2.24, 2.45) is 11.8 Å². The van der Waals surface area contributed by atoms with Gasteiger partial charge < -0.3 is 5.32 Å². The van der Waals surface area contributed by atoms with Gasteiger partial charge in [-0.2, -0.15) is 0 Å². The summed E-state index contributed by atoms with van der Waals surface area (Å²) in [6, 6.07) is 5.87. The zero-order valence-corrected chi connectivity index (χ0v) is 13.7.